The summed E-state index contributed by atoms with van der Waals surface area (Å²) in [6, 6.07) is -0.627. The highest BCUT2D eigenvalue weighted by Crippen LogP contribution is 2.18. The molecule has 1 aliphatic rings. The van der Waals surface area contributed by atoms with E-state index in [9.17, 15) is 9.59 Å². The largest absolute Gasteiger partial charge is 0.458 e. The summed E-state index contributed by atoms with van der Waals surface area (Å²) in [6.07, 6.45) is -0.466. The monoisotopic (exact) mass is 300 g/mol. The first kappa shape index (κ1) is 17.8. The maximum Gasteiger partial charge on any atom is 0.411 e. The van der Waals surface area contributed by atoms with E-state index in [0.717, 1.165) is 0 Å². The highest BCUT2D eigenvalue weighted by atomic mass is 16.6. The van der Waals surface area contributed by atoms with Crippen LogP contribution in [-0.2, 0) is 14.3 Å². The van der Waals surface area contributed by atoms with Crippen molar-refractivity contribution >= 4 is 12.1 Å². The second kappa shape index (κ2) is 6.22. The molecule has 1 heterocycles. The number of esters is 1. The molecule has 1 fully saturated rings. The molecule has 0 unspecified atom stereocenters. The molecular weight excluding hydrogens is 272 g/mol. The van der Waals surface area contributed by atoms with Gasteiger partial charge in [-0.2, -0.15) is 0 Å². The van der Waals surface area contributed by atoms with Crippen LogP contribution in [0.4, 0.5) is 4.79 Å². The number of ether oxygens (including phenoxy) is 2. The van der Waals surface area contributed by atoms with E-state index in [2.05, 4.69) is 0 Å². The van der Waals surface area contributed by atoms with E-state index in [0.29, 0.717) is 19.6 Å². The molecule has 0 spiro atoms. The maximum absolute atomic E-state index is 12.3. The molecule has 6 nitrogen and oxygen atoms in total. The SMILES string of the molecule is CN1CCN(C(=O)OC(C)(C)C)[C@@H](C(=O)OC(C)(C)C)C1. The molecule has 1 atom stereocenters. The number of carbonyl (C=O) groups excluding carboxylic acids is 2. The Morgan fingerprint density at radius 3 is 1.95 bits per heavy atom. The Bertz CT molecular complexity index is 395. The lowest BCUT2D eigenvalue weighted by molar-refractivity contribution is -0.163. The van der Waals surface area contributed by atoms with Crippen LogP contribution in [0.2, 0.25) is 0 Å². The van der Waals surface area contributed by atoms with Gasteiger partial charge in [-0.3, -0.25) is 4.90 Å². The summed E-state index contributed by atoms with van der Waals surface area (Å²) in [4.78, 5) is 28.1. The fraction of sp³-hybridized carbons (Fsp3) is 0.867. The van der Waals surface area contributed by atoms with E-state index in [1.807, 2.05) is 53.5 Å². The number of hydrogen-bond acceptors (Lipinski definition) is 5. The van der Waals surface area contributed by atoms with Gasteiger partial charge in [0.1, 0.15) is 17.2 Å². The van der Waals surface area contributed by atoms with Crippen LogP contribution >= 0.6 is 0 Å². The summed E-state index contributed by atoms with van der Waals surface area (Å²) in [6.45, 7) is 12.5. The normalized spacial score (nSPS) is 21.1. The van der Waals surface area contributed by atoms with Gasteiger partial charge in [0, 0.05) is 19.6 Å². The molecule has 0 radical (unpaired) electrons. The van der Waals surface area contributed by atoms with Gasteiger partial charge in [0.2, 0.25) is 0 Å². The van der Waals surface area contributed by atoms with Crippen molar-refractivity contribution in [2.24, 2.45) is 0 Å². The van der Waals surface area contributed by atoms with Gasteiger partial charge in [0.05, 0.1) is 0 Å². The van der Waals surface area contributed by atoms with Crippen LogP contribution < -0.4 is 0 Å². The molecule has 21 heavy (non-hydrogen) atoms. The number of nitrogens with zero attached hydrogens (tertiary/aromatic N) is 2. The Balaban J connectivity index is 2.84. The second-order valence-electron chi connectivity index (χ2n) is 7.49. The van der Waals surface area contributed by atoms with E-state index in [1.54, 1.807) is 0 Å². The minimum Gasteiger partial charge on any atom is -0.458 e. The van der Waals surface area contributed by atoms with Crippen molar-refractivity contribution in [2.45, 2.75) is 58.8 Å². The van der Waals surface area contributed by atoms with Crippen molar-refractivity contribution in [1.29, 1.82) is 0 Å². The van der Waals surface area contributed by atoms with Crippen LogP contribution in [0, 0.1) is 0 Å². The summed E-state index contributed by atoms with van der Waals surface area (Å²) in [5, 5.41) is 0. The van der Waals surface area contributed by atoms with Gasteiger partial charge in [-0.25, -0.2) is 9.59 Å². The van der Waals surface area contributed by atoms with Gasteiger partial charge >= 0.3 is 12.1 Å². The van der Waals surface area contributed by atoms with E-state index in [4.69, 9.17) is 9.47 Å². The molecule has 1 rings (SSSR count). The van der Waals surface area contributed by atoms with Crippen molar-refractivity contribution < 1.29 is 19.1 Å². The van der Waals surface area contributed by atoms with Gasteiger partial charge in [0.25, 0.3) is 0 Å². The van der Waals surface area contributed by atoms with Crippen LogP contribution in [0.3, 0.4) is 0 Å². The Morgan fingerprint density at radius 1 is 0.952 bits per heavy atom. The number of likely N-dealkylation sites (N-methyl/N-ethyl adjacent to an activating group) is 1. The zero-order valence-corrected chi connectivity index (χ0v) is 14.2. The minimum absolute atomic E-state index is 0.389. The highest BCUT2D eigenvalue weighted by molar-refractivity contribution is 5.82. The van der Waals surface area contributed by atoms with Crippen molar-refractivity contribution in [3.05, 3.63) is 0 Å². The van der Waals surface area contributed by atoms with E-state index < -0.39 is 23.3 Å². The molecule has 0 aromatic heterocycles. The fourth-order valence-electron chi connectivity index (χ4n) is 2.03. The lowest BCUT2D eigenvalue weighted by atomic mass is 10.1. The number of hydrogen-bond donors (Lipinski definition) is 0. The average Bonchev–Trinajstić information content (AvgIpc) is 2.23. The van der Waals surface area contributed by atoms with Gasteiger partial charge in [-0.1, -0.05) is 0 Å². The topological polar surface area (TPSA) is 59.1 Å². The van der Waals surface area contributed by atoms with Crippen molar-refractivity contribution in [3.8, 4) is 0 Å². The first-order chi connectivity index (χ1) is 9.39. The predicted octanol–water partition coefficient (Wildman–Crippen LogP) is 1.88. The van der Waals surface area contributed by atoms with Crippen molar-refractivity contribution in [1.82, 2.24) is 9.80 Å². The standard InChI is InChI=1S/C15H28N2O4/c1-14(2,3)20-12(18)11-10-16(7)8-9-17(11)13(19)21-15(4,5)6/h11H,8-10H2,1-7H3/t11-/m1/s1. The molecule has 0 aromatic rings. The molecule has 6 heteroatoms. The molecule has 0 N–H and O–H groups in total. The number of carbonyl (C=O) groups is 2. The molecular formula is C15H28N2O4. The summed E-state index contributed by atoms with van der Waals surface area (Å²) < 4.78 is 10.8. The highest BCUT2D eigenvalue weighted by Gasteiger charge is 2.38. The first-order valence-electron chi connectivity index (χ1n) is 7.30. The first-order valence-corrected chi connectivity index (χ1v) is 7.30. The van der Waals surface area contributed by atoms with Crippen LogP contribution in [0.1, 0.15) is 41.5 Å². The molecule has 1 amide bonds. The Morgan fingerprint density at radius 2 is 1.48 bits per heavy atom. The fourth-order valence-corrected chi connectivity index (χ4v) is 2.03. The number of piperazine rings is 1. The lowest BCUT2D eigenvalue weighted by Gasteiger charge is -2.39. The molecule has 1 saturated heterocycles. The summed E-state index contributed by atoms with van der Waals surface area (Å²) in [7, 11) is 1.92. The smallest absolute Gasteiger partial charge is 0.411 e. The third-order valence-corrected chi connectivity index (χ3v) is 2.89. The number of rotatable bonds is 1. The Kier molecular flexibility index (Phi) is 5.25. The second-order valence-corrected chi connectivity index (χ2v) is 7.49. The third-order valence-electron chi connectivity index (χ3n) is 2.89. The Hall–Kier alpha value is -1.30. The minimum atomic E-state index is -0.627. The van der Waals surface area contributed by atoms with E-state index in [-0.39, 0.29) is 5.97 Å². The zero-order chi connectivity index (χ0) is 16.4. The zero-order valence-electron chi connectivity index (χ0n) is 14.2. The maximum atomic E-state index is 12.3. The average molecular weight is 300 g/mol. The molecule has 1 aliphatic heterocycles. The number of amides is 1. The lowest BCUT2D eigenvalue weighted by Crippen LogP contribution is -2.59. The van der Waals surface area contributed by atoms with E-state index >= 15 is 0 Å². The predicted molar refractivity (Wildman–Crippen MR) is 80.1 cm³/mol. The third kappa shape index (κ3) is 5.91. The van der Waals surface area contributed by atoms with Crippen molar-refractivity contribution in [3.63, 3.8) is 0 Å². The van der Waals surface area contributed by atoms with Crippen molar-refractivity contribution in [2.75, 3.05) is 26.7 Å². The molecule has 122 valence electrons. The van der Waals surface area contributed by atoms with Gasteiger partial charge in [-0.15, -0.1) is 0 Å². The van der Waals surface area contributed by atoms with Gasteiger partial charge < -0.3 is 14.4 Å². The van der Waals surface area contributed by atoms with Crippen LogP contribution in [-0.4, -0.2) is 65.8 Å². The molecule has 0 aromatic carbocycles. The Labute approximate surface area is 127 Å². The summed E-state index contributed by atoms with van der Waals surface area (Å²) in [5.74, 6) is -0.389. The van der Waals surface area contributed by atoms with Gasteiger partial charge in [0.15, 0.2) is 0 Å². The van der Waals surface area contributed by atoms with Crippen LogP contribution in [0.5, 0.6) is 0 Å². The molecule has 0 bridgehead atoms. The molecule has 0 saturated carbocycles. The van der Waals surface area contributed by atoms with Gasteiger partial charge in [-0.05, 0) is 48.6 Å². The quantitative estimate of drug-likeness (QED) is 0.692. The molecule has 0 aliphatic carbocycles. The van der Waals surface area contributed by atoms with Crippen LogP contribution in [0.25, 0.3) is 0 Å². The van der Waals surface area contributed by atoms with Crippen LogP contribution in [0.15, 0.2) is 0 Å². The summed E-state index contributed by atoms with van der Waals surface area (Å²) >= 11 is 0. The summed E-state index contributed by atoms with van der Waals surface area (Å²) in [5.41, 5.74) is -1.16. The van der Waals surface area contributed by atoms with E-state index in [1.165, 1.54) is 4.90 Å².